The molecule has 0 aromatic carbocycles. The monoisotopic (exact) mass is 166 g/mol. The highest BCUT2D eigenvalue weighted by molar-refractivity contribution is 5.30. The van der Waals surface area contributed by atoms with Crippen LogP contribution in [0, 0.1) is 5.92 Å². The topological polar surface area (TPSA) is 52.0 Å². The van der Waals surface area contributed by atoms with Crippen LogP contribution in [0.15, 0.2) is 23.0 Å². The highest BCUT2D eigenvalue weighted by Gasteiger charge is 2.12. The largest absolute Gasteiger partial charge is 0.400 e. The molecule has 0 bridgehead atoms. The van der Waals surface area contributed by atoms with Crippen molar-refractivity contribution in [2.75, 3.05) is 0 Å². The van der Waals surface area contributed by atoms with Crippen molar-refractivity contribution in [3.63, 3.8) is 0 Å². The summed E-state index contributed by atoms with van der Waals surface area (Å²) in [5.74, 6) is 0.650. The van der Waals surface area contributed by atoms with E-state index in [0.29, 0.717) is 5.92 Å². The van der Waals surface area contributed by atoms with E-state index in [9.17, 15) is 0 Å². The fourth-order valence-electron chi connectivity index (χ4n) is 1.44. The van der Waals surface area contributed by atoms with Crippen molar-refractivity contribution in [3.05, 3.63) is 23.0 Å². The van der Waals surface area contributed by atoms with Crippen LogP contribution < -0.4 is 11.5 Å². The minimum atomic E-state index is 0.650. The molecule has 0 aliphatic heterocycles. The molecule has 1 atom stereocenters. The van der Waals surface area contributed by atoms with Crippen LogP contribution in [0.1, 0.15) is 33.1 Å². The fraction of sp³-hybridized carbons (Fsp3) is 0.600. The second-order valence-corrected chi connectivity index (χ2v) is 3.51. The molecule has 0 spiro atoms. The smallest absolute Gasteiger partial charge is 0.0504 e. The molecule has 68 valence electrons. The van der Waals surface area contributed by atoms with E-state index in [1.165, 1.54) is 12.0 Å². The first-order valence-electron chi connectivity index (χ1n) is 4.59. The van der Waals surface area contributed by atoms with Crippen molar-refractivity contribution in [2.45, 2.75) is 33.1 Å². The van der Waals surface area contributed by atoms with Crippen LogP contribution in [0.2, 0.25) is 0 Å². The summed E-state index contributed by atoms with van der Waals surface area (Å²) in [7, 11) is 0. The Hall–Kier alpha value is -0.920. The summed E-state index contributed by atoms with van der Waals surface area (Å²) in [4.78, 5) is 0. The Morgan fingerprint density at radius 1 is 1.42 bits per heavy atom. The van der Waals surface area contributed by atoms with Gasteiger partial charge in [0.2, 0.25) is 0 Å². The zero-order chi connectivity index (χ0) is 9.14. The Balaban J connectivity index is 2.76. The third-order valence-electron chi connectivity index (χ3n) is 2.64. The summed E-state index contributed by atoms with van der Waals surface area (Å²) < 4.78 is 0. The molecule has 4 N–H and O–H groups in total. The van der Waals surface area contributed by atoms with Crippen LogP contribution in [0.4, 0.5) is 0 Å². The molecule has 0 amide bonds. The fourth-order valence-corrected chi connectivity index (χ4v) is 1.44. The lowest BCUT2D eigenvalue weighted by molar-refractivity contribution is 0.613. The number of rotatable bonds is 2. The van der Waals surface area contributed by atoms with Crippen molar-refractivity contribution >= 4 is 0 Å². The lowest BCUT2D eigenvalue weighted by atomic mass is 9.90. The van der Waals surface area contributed by atoms with Crippen LogP contribution in [0.5, 0.6) is 0 Å². The first-order valence-corrected chi connectivity index (χ1v) is 4.59. The van der Waals surface area contributed by atoms with E-state index in [4.69, 9.17) is 11.5 Å². The maximum absolute atomic E-state index is 5.74. The third-order valence-corrected chi connectivity index (χ3v) is 2.64. The molecule has 0 aromatic heterocycles. The molecule has 0 saturated carbocycles. The van der Waals surface area contributed by atoms with Crippen LogP contribution in [-0.2, 0) is 0 Å². The lowest BCUT2D eigenvalue weighted by Crippen LogP contribution is -2.14. The molecule has 12 heavy (non-hydrogen) atoms. The molecule has 0 unspecified atom stereocenters. The standard InChI is InChI=1S/C10H18N2/c1-3-7(2)8-4-5-9(11)10(12)6-8/h6-7H,3-5,11-12H2,1-2H3/t7-/m1/s1. The van der Waals surface area contributed by atoms with Gasteiger partial charge in [-0.3, -0.25) is 0 Å². The molecule has 0 fully saturated rings. The van der Waals surface area contributed by atoms with Gasteiger partial charge in [-0.15, -0.1) is 0 Å². The first-order chi connectivity index (χ1) is 5.65. The summed E-state index contributed by atoms with van der Waals surface area (Å²) in [5.41, 5.74) is 14.5. The van der Waals surface area contributed by atoms with Crippen LogP contribution in [0.3, 0.4) is 0 Å². The van der Waals surface area contributed by atoms with Gasteiger partial charge in [0.15, 0.2) is 0 Å². The zero-order valence-corrected chi connectivity index (χ0v) is 7.93. The maximum atomic E-state index is 5.74. The predicted octanol–water partition coefficient (Wildman–Crippen LogP) is 1.88. The molecule has 1 aliphatic carbocycles. The average molecular weight is 166 g/mol. The predicted molar refractivity (Wildman–Crippen MR) is 52.2 cm³/mol. The Kier molecular flexibility index (Phi) is 2.79. The Morgan fingerprint density at radius 2 is 2.08 bits per heavy atom. The maximum Gasteiger partial charge on any atom is 0.0504 e. The highest BCUT2D eigenvalue weighted by atomic mass is 14.7. The molecule has 1 rings (SSSR count). The van der Waals surface area contributed by atoms with Gasteiger partial charge in [-0.2, -0.15) is 0 Å². The van der Waals surface area contributed by atoms with E-state index < -0.39 is 0 Å². The second-order valence-electron chi connectivity index (χ2n) is 3.51. The number of hydrogen-bond acceptors (Lipinski definition) is 2. The second kappa shape index (κ2) is 3.65. The van der Waals surface area contributed by atoms with Crippen molar-refractivity contribution in [2.24, 2.45) is 17.4 Å². The molecule has 0 saturated heterocycles. The van der Waals surface area contributed by atoms with Gasteiger partial charge in [0.1, 0.15) is 0 Å². The zero-order valence-electron chi connectivity index (χ0n) is 7.93. The Morgan fingerprint density at radius 3 is 2.58 bits per heavy atom. The van der Waals surface area contributed by atoms with Gasteiger partial charge in [0.25, 0.3) is 0 Å². The summed E-state index contributed by atoms with van der Waals surface area (Å²) in [6.45, 7) is 4.43. The van der Waals surface area contributed by atoms with Gasteiger partial charge in [-0.25, -0.2) is 0 Å². The van der Waals surface area contributed by atoms with E-state index in [-0.39, 0.29) is 0 Å². The van der Waals surface area contributed by atoms with E-state index in [1.807, 2.05) is 6.08 Å². The molecule has 0 heterocycles. The minimum Gasteiger partial charge on any atom is -0.400 e. The van der Waals surface area contributed by atoms with Crippen LogP contribution in [-0.4, -0.2) is 0 Å². The van der Waals surface area contributed by atoms with Crippen molar-refractivity contribution in [1.29, 1.82) is 0 Å². The molecule has 0 aromatic rings. The van der Waals surface area contributed by atoms with Crippen LogP contribution in [0.25, 0.3) is 0 Å². The van der Waals surface area contributed by atoms with E-state index >= 15 is 0 Å². The van der Waals surface area contributed by atoms with Crippen LogP contribution >= 0.6 is 0 Å². The minimum absolute atomic E-state index is 0.650. The molecule has 0 radical (unpaired) electrons. The molecular formula is C10H18N2. The van der Waals surface area contributed by atoms with Crippen molar-refractivity contribution in [1.82, 2.24) is 0 Å². The molecule has 2 heteroatoms. The molecular weight excluding hydrogens is 148 g/mol. The van der Waals surface area contributed by atoms with E-state index in [0.717, 1.165) is 24.2 Å². The summed E-state index contributed by atoms with van der Waals surface area (Å²) in [6.07, 6.45) is 5.25. The quantitative estimate of drug-likeness (QED) is 0.658. The van der Waals surface area contributed by atoms with E-state index in [2.05, 4.69) is 13.8 Å². The summed E-state index contributed by atoms with van der Waals surface area (Å²) >= 11 is 0. The van der Waals surface area contributed by atoms with Crippen molar-refractivity contribution in [3.8, 4) is 0 Å². The molecule has 1 aliphatic rings. The van der Waals surface area contributed by atoms with Gasteiger partial charge >= 0.3 is 0 Å². The third kappa shape index (κ3) is 1.81. The summed E-state index contributed by atoms with van der Waals surface area (Å²) in [5, 5.41) is 0. The van der Waals surface area contributed by atoms with Gasteiger partial charge in [-0.05, 0) is 31.3 Å². The van der Waals surface area contributed by atoms with Gasteiger partial charge in [0, 0.05) is 5.70 Å². The Bertz CT molecular complexity index is 226. The normalized spacial score (nSPS) is 20.7. The highest BCUT2D eigenvalue weighted by Crippen LogP contribution is 2.25. The lowest BCUT2D eigenvalue weighted by Gasteiger charge is -2.19. The van der Waals surface area contributed by atoms with Gasteiger partial charge < -0.3 is 11.5 Å². The van der Waals surface area contributed by atoms with Gasteiger partial charge in [-0.1, -0.05) is 19.4 Å². The average Bonchev–Trinajstić information content (AvgIpc) is 2.08. The number of hydrogen-bond donors (Lipinski definition) is 2. The Labute approximate surface area is 74.3 Å². The SMILES string of the molecule is CC[C@@H](C)C1=CC(N)=C(N)CC1. The first kappa shape index (κ1) is 9.17. The molecule has 2 nitrogen and oxygen atoms in total. The van der Waals surface area contributed by atoms with E-state index in [1.54, 1.807) is 0 Å². The van der Waals surface area contributed by atoms with Gasteiger partial charge in [0.05, 0.1) is 5.70 Å². The number of nitrogens with two attached hydrogens (primary N) is 2. The summed E-state index contributed by atoms with van der Waals surface area (Å²) in [6, 6.07) is 0. The van der Waals surface area contributed by atoms with Crippen molar-refractivity contribution < 1.29 is 0 Å². The number of allylic oxidation sites excluding steroid dienone is 3.